The highest BCUT2D eigenvalue weighted by Gasteiger charge is 2.57. The van der Waals surface area contributed by atoms with E-state index >= 15 is 0 Å². The van der Waals surface area contributed by atoms with Crippen LogP contribution in [0.15, 0.2) is 22.7 Å². The fourth-order valence-electron chi connectivity index (χ4n) is 2.26. The summed E-state index contributed by atoms with van der Waals surface area (Å²) in [5.41, 5.74) is -2.47. The molecule has 2 rings (SSSR count). The Morgan fingerprint density at radius 1 is 1.41 bits per heavy atom. The van der Waals surface area contributed by atoms with Crippen molar-refractivity contribution in [2.24, 2.45) is 0 Å². The molecule has 0 fully saturated rings. The van der Waals surface area contributed by atoms with E-state index in [0.29, 0.717) is 10.0 Å². The van der Waals surface area contributed by atoms with E-state index in [9.17, 15) is 19.7 Å². The molecule has 0 saturated carbocycles. The van der Waals surface area contributed by atoms with Crippen molar-refractivity contribution < 1.29 is 24.3 Å². The molecule has 0 spiro atoms. The molecule has 0 saturated heterocycles. The quantitative estimate of drug-likeness (QED) is 0.350. The van der Waals surface area contributed by atoms with Crippen molar-refractivity contribution in [3.8, 4) is 0 Å². The minimum absolute atomic E-state index is 0.218. The van der Waals surface area contributed by atoms with Crippen LogP contribution in [0.25, 0.3) is 0 Å². The molecule has 0 aliphatic heterocycles. The van der Waals surface area contributed by atoms with Crippen LogP contribution in [-0.2, 0) is 20.8 Å². The molecular weight excluding hydrogens is 358 g/mol. The maximum Gasteiger partial charge on any atom is 0.347 e. The van der Waals surface area contributed by atoms with Crippen molar-refractivity contribution >= 4 is 27.7 Å². The SMILES string of the molecule is CC(C)(C)OC(=O)[C@@]1(O[N+](=O)[O-])Cc2cc(Br)ccc2C1=O. The molecule has 0 heterocycles. The zero-order valence-corrected chi connectivity index (χ0v) is 13.8. The van der Waals surface area contributed by atoms with Gasteiger partial charge in [0, 0.05) is 16.5 Å². The normalized spacial score (nSPS) is 20.5. The number of Topliss-reactive ketones (excluding diaryl/α,β-unsaturated/α-hetero) is 1. The van der Waals surface area contributed by atoms with Gasteiger partial charge in [0.15, 0.2) is 0 Å². The van der Waals surface area contributed by atoms with E-state index in [-0.39, 0.29) is 12.0 Å². The molecule has 8 heteroatoms. The Labute approximate surface area is 134 Å². The standard InChI is InChI=1S/C14H14BrNO6/c1-13(2,3)21-12(18)14(22-16(19)20)7-8-6-9(15)4-5-10(8)11(14)17/h4-6H,7H2,1-3H3/t14-/m1/s1. The van der Waals surface area contributed by atoms with E-state index in [1.165, 1.54) is 6.07 Å². The topological polar surface area (TPSA) is 95.7 Å². The predicted octanol–water partition coefficient (Wildman–Crippen LogP) is 2.48. The molecule has 1 aromatic carbocycles. The Balaban J connectivity index is 2.47. The first kappa shape index (κ1) is 16.4. The molecule has 0 aromatic heterocycles. The zero-order valence-electron chi connectivity index (χ0n) is 12.2. The molecule has 22 heavy (non-hydrogen) atoms. The number of benzene rings is 1. The van der Waals surface area contributed by atoms with Crippen molar-refractivity contribution in [3.05, 3.63) is 43.9 Å². The lowest BCUT2D eigenvalue weighted by atomic mass is 9.98. The highest BCUT2D eigenvalue weighted by molar-refractivity contribution is 9.10. The summed E-state index contributed by atoms with van der Waals surface area (Å²) in [7, 11) is 0. The van der Waals surface area contributed by atoms with Crippen LogP contribution >= 0.6 is 15.9 Å². The van der Waals surface area contributed by atoms with E-state index in [1.807, 2.05) is 0 Å². The molecule has 118 valence electrons. The Bertz CT molecular complexity index is 666. The van der Waals surface area contributed by atoms with Crippen molar-refractivity contribution in [2.75, 3.05) is 0 Å². The lowest BCUT2D eigenvalue weighted by Crippen LogP contribution is -2.51. The molecule has 1 aliphatic carbocycles. The average Bonchev–Trinajstić information content (AvgIpc) is 2.60. The number of hydrogen-bond donors (Lipinski definition) is 0. The van der Waals surface area contributed by atoms with E-state index in [0.717, 1.165) is 0 Å². The number of carbonyl (C=O) groups excluding carboxylic acids is 2. The average molecular weight is 372 g/mol. The van der Waals surface area contributed by atoms with Crippen LogP contribution in [-0.4, -0.2) is 28.0 Å². The van der Waals surface area contributed by atoms with Crippen LogP contribution in [0, 0.1) is 10.1 Å². The highest BCUT2D eigenvalue weighted by atomic mass is 79.9. The number of hydrogen-bond acceptors (Lipinski definition) is 6. The van der Waals surface area contributed by atoms with Gasteiger partial charge in [-0.05, 0) is 44.5 Å². The molecular formula is C14H14BrNO6. The van der Waals surface area contributed by atoms with Gasteiger partial charge in [-0.15, -0.1) is 10.1 Å². The van der Waals surface area contributed by atoms with Gasteiger partial charge in [0.05, 0.1) is 0 Å². The molecule has 0 bridgehead atoms. The van der Waals surface area contributed by atoms with Crippen LogP contribution in [0.5, 0.6) is 0 Å². The van der Waals surface area contributed by atoms with Crippen molar-refractivity contribution in [1.82, 2.24) is 0 Å². The molecule has 0 radical (unpaired) electrons. The number of fused-ring (bicyclic) bond motifs is 1. The summed E-state index contributed by atoms with van der Waals surface area (Å²) in [5, 5.41) is 9.67. The molecule has 1 aliphatic rings. The summed E-state index contributed by atoms with van der Waals surface area (Å²) in [6, 6.07) is 4.74. The number of ether oxygens (including phenoxy) is 1. The highest BCUT2D eigenvalue weighted by Crippen LogP contribution is 2.36. The Kier molecular flexibility index (Phi) is 3.99. The maximum atomic E-state index is 12.5. The summed E-state index contributed by atoms with van der Waals surface area (Å²) in [5.74, 6) is -1.82. The van der Waals surface area contributed by atoms with Gasteiger partial charge in [0.25, 0.3) is 10.7 Å². The predicted molar refractivity (Wildman–Crippen MR) is 78.8 cm³/mol. The molecule has 7 nitrogen and oxygen atoms in total. The van der Waals surface area contributed by atoms with Crippen LogP contribution in [0.4, 0.5) is 0 Å². The van der Waals surface area contributed by atoms with Crippen molar-refractivity contribution in [2.45, 2.75) is 38.4 Å². The van der Waals surface area contributed by atoms with Gasteiger partial charge in [0.2, 0.25) is 5.78 Å². The number of rotatable bonds is 3. The summed E-state index contributed by atoms with van der Waals surface area (Å²) in [4.78, 5) is 40.3. The lowest BCUT2D eigenvalue weighted by Gasteiger charge is -2.28. The summed E-state index contributed by atoms with van der Waals surface area (Å²) < 4.78 is 5.85. The van der Waals surface area contributed by atoms with Gasteiger partial charge in [-0.2, -0.15) is 0 Å². The van der Waals surface area contributed by atoms with Crippen molar-refractivity contribution in [3.63, 3.8) is 0 Å². The second-order valence-corrected chi connectivity index (χ2v) is 6.87. The third kappa shape index (κ3) is 2.96. The summed E-state index contributed by atoms with van der Waals surface area (Å²) in [6.07, 6.45) is -0.240. The fourth-order valence-corrected chi connectivity index (χ4v) is 2.67. The fraction of sp³-hybridized carbons (Fsp3) is 0.429. The number of ketones is 1. The zero-order chi connectivity index (χ0) is 16.7. The van der Waals surface area contributed by atoms with Gasteiger partial charge < -0.3 is 4.74 Å². The first-order chi connectivity index (χ1) is 10.0. The van der Waals surface area contributed by atoms with Crippen molar-refractivity contribution in [1.29, 1.82) is 0 Å². The summed E-state index contributed by atoms with van der Waals surface area (Å²) in [6.45, 7) is 4.82. The monoisotopic (exact) mass is 371 g/mol. The van der Waals surface area contributed by atoms with Crippen LogP contribution < -0.4 is 0 Å². The van der Waals surface area contributed by atoms with Gasteiger partial charge in [0.1, 0.15) is 5.60 Å². The minimum Gasteiger partial charge on any atom is -0.458 e. The molecule has 0 N–H and O–H groups in total. The van der Waals surface area contributed by atoms with Gasteiger partial charge in [-0.25, -0.2) is 4.79 Å². The second kappa shape index (κ2) is 5.35. The molecule has 0 amide bonds. The second-order valence-electron chi connectivity index (χ2n) is 5.95. The first-order valence-corrected chi connectivity index (χ1v) is 7.25. The third-order valence-corrected chi connectivity index (χ3v) is 3.57. The van der Waals surface area contributed by atoms with Gasteiger partial charge in [-0.1, -0.05) is 15.9 Å². The Morgan fingerprint density at radius 3 is 2.59 bits per heavy atom. The first-order valence-electron chi connectivity index (χ1n) is 6.45. The van der Waals surface area contributed by atoms with Crippen LogP contribution in [0.3, 0.4) is 0 Å². The maximum absolute atomic E-state index is 12.5. The third-order valence-electron chi connectivity index (χ3n) is 3.08. The Morgan fingerprint density at radius 2 is 2.05 bits per heavy atom. The summed E-state index contributed by atoms with van der Waals surface area (Å²) >= 11 is 3.26. The number of carbonyl (C=O) groups is 2. The van der Waals surface area contributed by atoms with Gasteiger partial charge in [-0.3, -0.25) is 9.63 Å². The largest absolute Gasteiger partial charge is 0.458 e. The van der Waals surface area contributed by atoms with Crippen LogP contribution in [0.2, 0.25) is 0 Å². The smallest absolute Gasteiger partial charge is 0.347 e. The Hall–Kier alpha value is -1.96. The molecule has 1 atom stereocenters. The van der Waals surface area contributed by atoms with E-state index in [1.54, 1.807) is 32.9 Å². The van der Waals surface area contributed by atoms with Gasteiger partial charge >= 0.3 is 5.97 Å². The number of halogens is 1. The number of esters is 1. The van der Waals surface area contributed by atoms with E-state index in [4.69, 9.17) is 4.74 Å². The molecule has 0 unspecified atom stereocenters. The van der Waals surface area contributed by atoms with E-state index in [2.05, 4.69) is 20.8 Å². The molecule has 1 aromatic rings. The minimum atomic E-state index is -2.28. The van der Waals surface area contributed by atoms with E-state index < -0.39 is 28.0 Å². The lowest BCUT2D eigenvalue weighted by molar-refractivity contribution is -0.771. The van der Waals surface area contributed by atoms with Crippen LogP contribution in [0.1, 0.15) is 36.7 Å². The number of nitrogens with zero attached hydrogens (tertiary/aromatic N) is 1.